The molecule has 1 heterocycles. The van der Waals surface area contributed by atoms with Crippen LogP contribution in [0.5, 0.6) is 0 Å². The van der Waals surface area contributed by atoms with Crippen molar-refractivity contribution in [1.82, 2.24) is 5.32 Å². The molecule has 0 aliphatic carbocycles. The molecule has 1 aliphatic heterocycles. The van der Waals surface area contributed by atoms with Gasteiger partial charge in [-0.2, -0.15) is 0 Å². The maximum absolute atomic E-state index is 3.55. The number of benzene rings is 1. The van der Waals surface area contributed by atoms with Crippen molar-refractivity contribution in [3.63, 3.8) is 0 Å². The van der Waals surface area contributed by atoms with E-state index >= 15 is 0 Å². The molecule has 0 radical (unpaired) electrons. The quantitative estimate of drug-likeness (QED) is 0.728. The number of rotatable bonds is 2. The summed E-state index contributed by atoms with van der Waals surface area (Å²) in [5.41, 5.74) is 1.46. The van der Waals surface area contributed by atoms with E-state index in [1.54, 1.807) is 0 Å². The summed E-state index contributed by atoms with van der Waals surface area (Å²) >= 11 is 0. The summed E-state index contributed by atoms with van der Waals surface area (Å²) < 4.78 is 0. The minimum Gasteiger partial charge on any atom is -0.313 e. The van der Waals surface area contributed by atoms with Crippen molar-refractivity contribution in [2.45, 2.75) is 31.7 Å². The predicted octanol–water partition coefficient (Wildman–Crippen LogP) is 2.54. The fourth-order valence-corrected chi connectivity index (χ4v) is 2.13. The Morgan fingerprint density at radius 2 is 2.08 bits per heavy atom. The smallest absolute Gasteiger partial charge is 0.0134 e. The number of hydrogen-bond acceptors (Lipinski definition) is 1. The topological polar surface area (TPSA) is 12.0 Å². The van der Waals surface area contributed by atoms with E-state index in [1.165, 1.54) is 24.9 Å². The largest absolute Gasteiger partial charge is 0.313 e. The third-order valence-corrected chi connectivity index (χ3v) is 3.03. The lowest BCUT2D eigenvalue weighted by atomic mass is 9.92. The van der Waals surface area contributed by atoms with Gasteiger partial charge in [0.2, 0.25) is 0 Å². The lowest BCUT2D eigenvalue weighted by molar-refractivity contribution is 0.517. The van der Waals surface area contributed by atoms with Crippen LogP contribution < -0.4 is 5.32 Å². The van der Waals surface area contributed by atoms with Crippen molar-refractivity contribution >= 4 is 0 Å². The van der Waals surface area contributed by atoms with Crippen LogP contribution in [0.4, 0.5) is 0 Å². The molecule has 1 aliphatic rings. The maximum Gasteiger partial charge on any atom is 0.0134 e. The molecule has 1 unspecified atom stereocenters. The summed E-state index contributed by atoms with van der Waals surface area (Å²) in [4.78, 5) is 0. The Hall–Kier alpha value is -0.820. The van der Waals surface area contributed by atoms with Crippen LogP contribution in [-0.2, 0) is 0 Å². The zero-order valence-corrected chi connectivity index (χ0v) is 8.16. The SMILES string of the molecule is CC(c1ccccc1)[C@@H]1CCCN1. The van der Waals surface area contributed by atoms with Gasteiger partial charge in [0.15, 0.2) is 0 Å². The van der Waals surface area contributed by atoms with E-state index < -0.39 is 0 Å². The summed E-state index contributed by atoms with van der Waals surface area (Å²) in [5, 5.41) is 3.55. The lowest BCUT2D eigenvalue weighted by Crippen LogP contribution is -2.27. The van der Waals surface area contributed by atoms with E-state index in [9.17, 15) is 0 Å². The normalized spacial score (nSPS) is 24.5. The average Bonchev–Trinajstić information content (AvgIpc) is 2.71. The Kier molecular flexibility index (Phi) is 2.65. The second-order valence-electron chi connectivity index (χ2n) is 3.90. The molecule has 1 heteroatoms. The zero-order chi connectivity index (χ0) is 9.10. The van der Waals surface area contributed by atoms with E-state index in [2.05, 4.69) is 42.6 Å². The van der Waals surface area contributed by atoms with Crippen molar-refractivity contribution in [2.75, 3.05) is 6.54 Å². The summed E-state index contributed by atoms with van der Waals surface area (Å²) in [5.74, 6) is 0.656. The molecule has 1 N–H and O–H groups in total. The highest BCUT2D eigenvalue weighted by molar-refractivity contribution is 5.20. The first-order valence-corrected chi connectivity index (χ1v) is 5.16. The Balaban J connectivity index is 2.08. The summed E-state index contributed by atoms with van der Waals surface area (Å²) in [6.45, 7) is 3.51. The van der Waals surface area contributed by atoms with Gasteiger partial charge in [-0.15, -0.1) is 0 Å². The van der Waals surface area contributed by atoms with Crippen LogP contribution >= 0.6 is 0 Å². The van der Waals surface area contributed by atoms with Gasteiger partial charge < -0.3 is 5.32 Å². The Bertz CT molecular complexity index is 249. The molecule has 0 bridgehead atoms. The number of hydrogen-bond donors (Lipinski definition) is 1. The molecule has 2 atom stereocenters. The highest BCUT2D eigenvalue weighted by Gasteiger charge is 2.21. The van der Waals surface area contributed by atoms with Gasteiger partial charge in [-0.25, -0.2) is 0 Å². The summed E-state index contributed by atoms with van der Waals surface area (Å²) in [6, 6.07) is 11.5. The summed E-state index contributed by atoms with van der Waals surface area (Å²) in [7, 11) is 0. The van der Waals surface area contributed by atoms with Crippen LogP contribution in [0.3, 0.4) is 0 Å². The molecule has 2 rings (SSSR count). The van der Waals surface area contributed by atoms with Crippen molar-refractivity contribution in [1.29, 1.82) is 0 Å². The molecule has 0 aromatic heterocycles. The van der Waals surface area contributed by atoms with Crippen LogP contribution in [0.15, 0.2) is 30.3 Å². The van der Waals surface area contributed by atoms with Gasteiger partial charge in [0.25, 0.3) is 0 Å². The van der Waals surface area contributed by atoms with E-state index in [0.29, 0.717) is 12.0 Å². The highest BCUT2D eigenvalue weighted by atomic mass is 14.9. The molecular weight excluding hydrogens is 158 g/mol. The van der Waals surface area contributed by atoms with Crippen LogP contribution in [0, 0.1) is 0 Å². The molecular formula is C12H17N. The lowest BCUT2D eigenvalue weighted by Gasteiger charge is -2.19. The molecule has 70 valence electrons. The van der Waals surface area contributed by atoms with Crippen molar-refractivity contribution < 1.29 is 0 Å². The second-order valence-corrected chi connectivity index (χ2v) is 3.90. The molecule has 1 fully saturated rings. The molecule has 13 heavy (non-hydrogen) atoms. The van der Waals surface area contributed by atoms with Crippen LogP contribution in [0.1, 0.15) is 31.2 Å². The Labute approximate surface area is 80.2 Å². The standard InChI is InChI=1S/C12H17N/c1-10(12-8-5-9-13-12)11-6-3-2-4-7-11/h2-4,6-7,10,12-13H,5,8-9H2,1H3/t10?,12-/m0/s1. The van der Waals surface area contributed by atoms with Crippen LogP contribution in [0.2, 0.25) is 0 Å². The van der Waals surface area contributed by atoms with Gasteiger partial charge in [0, 0.05) is 6.04 Å². The monoisotopic (exact) mass is 175 g/mol. The Morgan fingerprint density at radius 3 is 2.69 bits per heavy atom. The third-order valence-electron chi connectivity index (χ3n) is 3.03. The number of nitrogens with one attached hydrogen (secondary N) is 1. The second kappa shape index (κ2) is 3.93. The summed E-state index contributed by atoms with van der Waals surface area (Å²) in [6.07, 6.45) is 2.66. The van der Waals surface area contributed by atoms with Gasteiger partial charge >= 0.3 is 0 Å². The molecule has 0 saturated carbocycles. The minimum atomic E-state index is 0.656. The van der Waals surface area contributed by atoms with Crippen molar-refractivity contribution in [3.05, 3.63) is 35.9 Å². The molecule has 0 spiro atoms. The predicted molar refractivity (Wildman–Crippen MR) is 55.9 cm³/mol. The zero-order valence-electron chi connectivity index (χ0n) is 8.16. The maximum atomic E-state index is 3.55. The Morgan fingerprint density at radius 1 is 1.31 bits per heavy atom. The van der Waals surface area contributed by atoms with E-state index in [4.69, 9.17) is 0 Å². The van der Waals surface area contributed by atoms with Crippen LogP contribution in [-0.4, -0.2) is 12.6 Å². The highest BCUT2D eigenvalue weighted by Crippen LogP contribution is 2.24. The van der Waals surface area contributed by atoms with Gasteiger partial charge in [-0.05, 0) is 30.9 Å². The van der Waals surface area contributed by atoms with Crippen LogP contribution in [0.25, 0.3) is 0 Å². The van der Waals surface area contributed by atoms with E-state index in [0.717, 1.165) is 0 Å². The van der Waals surface area contributed by atoms with E-state index in [-0.39, 0.29) is 0 Å². The minimum absolute atomic E-state index is 0.656. The van der Waals surface area contributed by atoms with Crippen molar-refractivity contribution in [2.24, 2.45) is 0 Å². The first kappa shape index (κ1) is 8.76. The van der Waals surface area contributed by atoms with Gasteiger partial charge in [-0.3, -0.25) is 0 Å². The van der Waals surface area contributed by atoms with Gasteiger partial charge in [0.05, 0.1) is 0 Å². The molecule has 1 aromatic rings. The molecule has 1 saturated heterocycles. The van der Waals surface area contributed by atoms with Gasteiger partial charge in [0.1, 0.15) is 0 Å². The average molecular weight is 175 g/mol. The first-order valence-electron chi connectivity index (χ1n) is 5.16. The molecule has 1 aromatic carbocycles. The molecule has 1 nitrogen and oxygen atoms in total. The van der Waals surface area contributed by atoms with Crippen molar-refractivity contribution in [3.8, 4) is 0 Å². The first-order chi connectivity index (χ1) is 6.38. The third kappa shape index (κ3) is 1.92. The molecule has 0 amide bonds. The van der Waals surface area contributed by atoms with Gasteiger partial charge in [-0.1, -0.05) is 37.3 Å². The fraction of sp³-hybridized carbons (Fsp3) is 0.500. The fourth-order valence-electron chi connectivity index (χ4n) is 2.13. The van der Waals surface area contributed by atoms with E-state index in [1.807, 2.05) is 0 Å².